The number of carbonyl (C=O) groups excluding carboxylic acids is 1. The van der Waals surface area contributed by atoms with E-state index in [1.807, 2.05) is 0 Å². The van der Waals surface area contributed by atoms with Crippen LogP contribution in [0.5, 0.6) is 0 Å². The maximum Gasteiger partial charge on any atom is 0.306 e. The van der Waals surface area contributed by atoms with Crippen LogP contribution < -0.4 is 0 Å². The Morgan fingerprint density at radius 1 is 1.41 bits per heavy atom. The van der Waals surface area contributed by atoms with E-state index in [0.29, 0.717) is 18.3 Å². The molecule has 1 unspecified atom stereocenters. The Hall–Kier alpha value is -1.31. The fourth-order valence-electron chi connectivity index (χ4n) is 2.45. The van der Waals surface area contributed by atoms with Crippen LogP contribution in [0.1, 0.15) is 41.9 Å². The molecule has 1 aliphatic carbocycles. The molecule has 0 spiro atoms. The van der Waals surface area contributed by atoms with Crippen molar-refractivity contribution >= 4 is 5.97 Å². The van der Waals surface area contributed by atoms with E-state index in [9.17, 15) is 4.79 Å². The number of ether oxygens (including phenoxy) is 1. The lowest BCUT2D eigenvalue weighted by atomic mass is 9.87. The molecule has 2 nitrogen and oxygen atoms in total. The first-order valence-corrected chi connectivity index (χ1v) is 6.25. The monoisotopic (exact) mass is 232 g/mol. The first kappa shape index (κ1) is 12.2. The summed E-state index contributed by atoms with van der Waals surface area (Å²) in [7, 11) is 1.47. The highest BCUT2D eigenvalue weighted by Gasteiger charge is 2.34. The second kappa shape index (κ2) is 4.91. The van der Waals surface area contributed by atoms with Crippen LogP contribution in [0.15, 0.2) is 18.2 Å². The third-order valence-corrected chi connectivity index (χ3v) is 3.64. The summed E-state index contributed by atoms with van der Waals surface area (Å²) in [4.78, 5) is 11.5. The average Bonchev–Trinajstić information content (AvgIpc) is 3.13. The molecule has 1 aromatic carbocycles. The van der Waals surface area contributed by atoms with Gasteiger partial charge >= 0.3 is 5.97 Å². The van der Waals surface area contributed by atoms with Gasteiger partial charge in [-0.3, -0.25) is 4.79 Å². The molecule has 0 aliphatic heterocycles. The Bertz CT molecular complexity index is 419. The van der Waals surface area contributed by atoms with E-state index in [-0.39, 0.29) is 5.97 Å². The van der Waals surface area contributed by atoms with Crippen LogP contribution in [0.2, 0.25) is 0 Å². The van der Waals surface area contributed by atoms with Crippen LogP contribution in [-0.2, 0) is 9.53 Å². The summed E-state index contributed by atoms with van der Waals surface area (Å²) < 4.78 is 4.81. The van der Waals surface area contributed by atoms with E-state index in [0.717, 1.165) is 0 Å². The molecule has 1 aliphatic rings. The third kappa shape index (κ3) is 2.87. The Balaban J connectivity index is 2.25. The minimum absolute atomic E-state index is 0.0946. The number of rotatable bonds is 4. The van der Waals surface area contributed by atoms with Gasteiger partial charge in [-0.05, 0) is 49.7 Å². The third-order valence-electron chi connectivity index (χ3n) is 3.64. The lowest BCUT2D eigenvalue weighted by molar-refractivity contribution is -0.141. The van der Waals surface area contributed by atoms with Gasteiger partial charge in [-0.2, -0.15) is 0 Å². The number of hydrogen-bond donors (Lipinski definition) is 0. The van der Waals surface area contributed by atoms with Crippen LogP contribution in [0.3, 0.4) is 0 Å². The molecule has 1 aromatic rings. The number of esters is 1. The van der Waals surface area contributed by atoms with E-state index in [2.05, 4.69) is 32.0 Å². The molecular formula is C15H20O2. The second-order valence-electron chi connectivity index (χ2n) is 5.08. The molecule has 0 aromatic heterocycles. The first-order chi connectivity index (χ1) is 8.11. The van der Waals surface area contributed by atoms with Crippen molar-refractivity contribution in [3.63, 3.8) is 0 Å². The summed E-state index contributed by atoms with van der Waals surface area (Å²) in [6, 6.07) is 6.50. The van der Waals surface area contributed by atoms with E-state index in [1.54, 1.807) is 0 Å². The van der Waals surface area contributed by atoms with Gasteiger partial charge in [0.05, 0.1) is 13.5 Å². The molecule has 2 heteroatoms. The highest BCUT2D eigenvalue weighted by atomic mass is 16.5. The number of aryl methyl sites for hydroxylation is 2. The van der Waals surface area contributed by atoms with Crippen LogP contribution in [0, 0.1) is 19.8 Å². The van der Waals surface area contributed by atoms with Crippen molar-refractivity contribution in [1.82, 2.24) is 0 Å². The summed E-state index contributed by atoms with van der Waals surface area (Å²) in [5.41, 5.74) is 3.88. The van der Waals surface area contributed by atoms with Crippen LogP contribution in [0.25, 0.3) is 0 Å². The summed E-state index contributed by atoms with van der Waals surface area (Å²) in [6.07, 6.45) is 3.01. The van der Waals surface area contributed by atoms with Gasteiger partial charge in [-0.1, -0.05) is 23.8 Å². The van der Waals surface area contributed by atoms with Gasteiger partial charge in [0.25, 0.3) is 0 Å². The molecule has 1 atom stereocenters. The Labute approximate surface area is 103 Å². The molecular weight excluding hydrogens is 212 g/mol. The van der Waals surface area contributed by atoms with Gasteiger partial charge in [-0.25, -0.2) is 0 Å². The van der Waals surface area contributed by atoms with Gasteiger partial charge < -0.3 is 4.74 Å². The molecule has 0 bridgehead atoms. The fraction of sp³-hybridized carbons (Fsp3) is 0.533. The molecule has 0 heterocycles. The number of methoxy groups -OCH3 is 1. The first-order valence-electron chi connectivity index (χ1n) is 6.25. The minimum Gasteiger partial charge on any atom is -0.469 e. The minimum atomic E-state index is -0.0946. The van der Waals surface area contributed by atoms with Crippen LogP contribution in [-0.4, -0.2) is 13.1 Å². The molecule has 0 N–H and O–H groups in total. The Morgan fingerprint density at radius 2 is 2.12 bits per heavy atom. The SMILES string of the molecule is COC(=O)CC(c1cc(C)ccc1C)C1CC1. The molecule has 0 saturated heterocycles. The summed E-state index contributed by atoms with van der Waals surface area (Å²) in [5.74, 6) is 0.930. The predicted octanol–water partition coefficient (Wildman–Crippen LogP) is 3.36. The van der Waals surface area contributed by atoms with Crippen molar-refractivity contribution in [3.8, 4) is 0 Å². The van der Waals surface area contributed by atoms with Crippen LogP contribution in [0.4, 0.5) is 0 Å². The zero-order chi connectivity index (χ0) is 12.4. The summed E-state index contributed by atoms with van der Waals surface area (Å²) in [5, 5.41) is 0. The topological polar surface area (TPSA) is 26.3 Å². The predicted molar refractivity (Wildman–Crippen MR) is 68.0 cm³/mol. The number of benzene rings is 1. The number of hydrogen-bond acceptors (Lipinski definition) is 2. The summed E-state index contributed by atoms with van der Waals surface area (Å²) >= 11 is 0. The maximum atomic E-state index is 11.5. The molecule has 0 amide bonds. The van der Waals surface area contributed by atoms with Crippen molar-refractivity contribution in [2.75, 3.05) is 7.11 Å². The Morgan fingerprint density at radius 3 is 2.71 bits per heavy atom. The second-order valence-corrected chi connectivity index (χ2v) is 5.08. The molecule has 17 heavy (non-hydrogen) atoms. The Kier molecular flexibility index (Phi) is 3.51. The average molecular weight is 232 g/mol. The molecule has 2 rings (SSSR count). The van der Waals surface area contributed by atoms with E-state index in [4.69, 9.17) is 4.74 Å². The normalized spacial score (nSPS) is 16.6. The van der Waals surface area contributed by atoms with Gasteiger partial charge in [-0.15, -0.1) is 0 Å². The van der Waals surface area contributed by atoms with E-state index < -0.39 is 0 Å². The summed E-state index contributed by atoms with van der Waals surface area (Å²) in [6.45, 7) is 4.23. The van der Waals surface area contributed by atoms with Crippen molar-refractivity contribution < 1.29 is 9.53 Å². The molecule has 1 fully saturated rings. The zero-order valence-corrected chi connectivity index (χ0v) is 10.8. The van der Waals surface area contributed by atoms with Gasteiger partial charge in [0.2, 0.25) is 0 Å². The molecule has 92 valence electrons. The highest BCUT2D eigenvalue weighted by molar-refractivity contribution is 5.70. The molecule has 1 saturated carbocycles. The van der Waals surface area contributed by atoms with Crippen LogP contribution >= 0.6 is 0 Å². The van der Waals surface area contributed by atoms with Gasteiger partial charge in [0, 0.05) is 0 Å². The van der Waals surface area contributed by atoms with Crippen molar-refractivity contribution in [2.45, 2.75) is 39.0 Å². The van der Waals surface area contributed by atoms with Crippen molar-refractivity contribution in [2.24, 2.45) is 5.92 Å². The highest BCUT2D eigenvalue weighted by Crippen LogP contribution is 2.45. The van der Waals surface area contributed by atoms with Crippen molar-refractivity contribution in [3.05, 3.63) is 34.9 Å². The zero-order valence-electron chi connectivity index (χ0n) is 10.8. The van der Waals surface area contributed by atoms with Gasteiger partial charge in [0.15, 0.2) is 0 Å². The molecule has 0 radical (unpaired) electrons. The maximum absolute atomic E-state index is 11.5. The van der Waals surface area contributed by atoms with E-state index in [1.165, 1.54) is 36.6 Å². The lowest BCUT2D eigenvalue weighted by Gasteiger charge is -2.18. The van der Waals surface area contributed by atoms with Crippen molar-refractivity contribution in [1.29, 1.82) is 0 Å². The largest absolute Gasteiger partial charge is 0.469 e. The number of carbonyl (C=O) groups is 1. The fourth-order valence-corrected chi connectivity index (χ4v) is 2.45. The standard InChI is InChI=1S/C15H20O2/c1-10-4-5-11(2)13(8-10)14(12-6-7-12)9-15(16)17-3/h4-5,8,12,14H,6-7,9H2,1-3H3. The lowest BCUT2D eigenvalue weighted by Crippen LogP contribution is -2.11. The van der Waals surface area contributed by atoms with Gasteiger partial charge in [0.1, 0.15) is 0 Å². The quantitative estimate of drug-likeness (QED) is 0.744. The smallest absolute Gasteiger partial charge is 0.306 e. The van der Waals surface area contributed by atoms with E-state index >= 15 is 0 Å².